The lowest BCUT2D eigenvalue weighted by Crippen LogP contribution is -1.83. The van der Waals surface area contributed by atoms with Crippen LogP contribution in [-0.2, 0) is 0 Å². The van der Waals surface area contributed by atoms with Gasteiger partial charge in [0.15, 0.2) is 0 Å². The fraction of sp³-hybridized carbons (Fsp3) is 0.273. The highest BCUT2D eigenvalue weighted by atomic mass is 16.3. The van der Waals surface area contributed by atoms with Crippen molar-refractivity contribution in [3.05, 3.63) is 24.4 Å². The first-order valence-corrected chi connectivity index (χ1v) is 4.79. The van der Waals surface area contributed by atoms with E-state index >= 15 is 0 Å². The first kappa shape index (κ1) is 10.4. The van der Waals surface area contributed by atoms with Crippen LogP contribution in [0.25, 0.3) is 10.9 Å². The molecule has 2 rings (SSSR count). The molecule has 3 nitrogen and oxygen atoms in total. The van der Waals surface area contributed by atoms with E-state index in [4.69, 9.17) is 0 Å². The molecule has 0 aliphatic heterocycles. The molecule has 0 unspecified atom stereocenters. The van der Waals surface area contributed by atoms with Crippen LogP contribution in [0, 0.1) is 0 Å². The first-order chi connectivity index (χ1) is 6.81. The van der Waals surface area contributed by atoms with Gasteiger partial charge < -0.3 is 15.4 Å². The second kappa shape index (κ2) is 4.56. The maximum Gasteiger partial charge on any atom is 0.116 e. The van der Waals surface area contributed by atoms with Gasteiger partial charge in [0, 0.05) is 24.1 Å². The summed E-state index contributed by atoms with van der Waals surface area (Å²) < 4.78 is 0. The van der Waals surface area contributed by atoms with E-state index in [0.717, 1.165) is 16.6 Å². The number of fused-ring (bicyclic) bond motifs is 1. The summed E-state index contributed by atoms with van der Waals surface area (Å²) in [6.07, 6.45) is 1.88. The van der Waals surface area contributed by atoms with Crippen molar-refractivity contribution in [1.29, 1.82) is 0 Å². The molecule has 0 spiro atoms. The third-order valence-corrected chi connectivity index (χ3v) is 1.93. The average Bonchev–Trinajstić information content (AvgIpc) is 2.63. The number of benzene rings is 1. The summed E-state index contributed by atoms with van der Waals surface area (Å²) in [4.78, 5) is 3.09. The second-order valence-electron chi connectivity index (χ2n) is 2.68. The van der Waals surface area contributed by atoms with Gasteiger partial charge in [-0.25, -0.2) is 0 Å². The van der Waals surface area contributed by atoms with E-state index < -0.39 is 0 Å². The fourth-order valence-corrected chi connectivity index (χ4v) is 1.32. The molecule has 1 aromatic heterocycles. The molecule has 0 amide bonds. The molecule has 0 bridgehead atoms. The number of aromatic amines is 1. The molecule has 1 aromatic carbocycles. The highest BCUT2D eigenvalue weighted by molar-refractivity contribution is 5.93. The van der Waals surface area contributed by atoms with Crippen LogP contribution in [0.1, 0.15) is 13.8 Å². The molecule has 2 aromatic rings. The molecule has 0 fully saturated rings. The second-order valence-corrected chi connectivity index (χ2v) is 2.68. The third kappa shape index (κ3) is 1.82. The van der Waals surface area contributed by atoms with E-state index in [0.29, 0.717) is 5.75 Å². The molecular formula is C11H16N2O. The number of aromatic hydroxyl groups is 1. The molecular weight excluding hydrogens is 176 g/mol. The molecule has 3 N–H and O–H groups in total. The molecule has 0 radical (unpaired) electrons. The number of rotatable bonds is 1. The van der Waals surface area contributed by atoms with Crippen molar-refractivity contribution in [2.45, 2.75) is 13.8 Å². The van der Waals surface area contributed by atoms with Gasteiger partial charge >= 0.3 is 0 Å². The van der Waals surface area contributed by atoms with Crippen LogP contribution in [0.3, 0.4) is 0 Å². The van der Waals surface area contributed by atoms with E-state index in [-0.39, 0.29) is 0 Å². The van der Waals surface area contributed by atoms with Crippen molar-refractivity contribution in [1.82, 2.24) is 4.98 Å². The standard InChI is InChI=1S/C9H10N2O.C2H6/c1-10-9-5-11-8-3-2-6(12)4-7(8)9;1-2/h2-5,10-12H,1H3;1-2H3. The quantitative estimate of drug-likeness (QED) is 0.650. The zero-order chi connectivity index (χ0) is 10.6. The van der Waals surface area contributed by atoms with Crippen LogP contribution in [0.5, 0.6) is 5.75 Å². The summed E-state index contributed by atoms with van der Waals surface area (Å²) in [6.45, 7) is 4.00. The van der Waals surface area contributed by atoms with Crippen LogP contribution in [0.2, 0.25) is 0 Å². The Morgan fingerprint density at radius 3 is 2.64 bits per heavy atom. The van der Waals surface area contributed by atoms with Gasteiger partial charge in [0.1, 0.15) is 5.75 Å². The average molecular weight is 192 g/mol. The van der Waals surface area contributed by atoms with E-state index in [1.165, 1.54) is 0 Å². The summed E-state index contributed by atoms with van der Waals surface area (Å²) in [5, 5.41) is 13.3. The van der Waals surface area contributed by atoms with E-state index in [9.17, 15) is 5.11 Å². The minimum Gasteiger partial charge on any atom is -0.508 e. The Hall–Kier alpha value is -1.64. The van der Waals surface area contributed by atoms with Crippen LogP contribution < -0.4 is 5.32 Å². The minimum atomic E-state index is 0.290. The Balaban J connectivity index is 0.000000461. The normalized spacial score (nSPS) is 9.36. The van der Waals surface area contributed by atoms with Gasteiger partial charge in [-0.05, 0) is 18.2 Å². The Kier molecular flexibility index (Phi) is 3.40. The van der Waals surface area contributed by atoms with Crippen LogP contribution >= 0.6 is 0 Å². The SMILES string of the molecule is CC.CNc1c[nH]c2ccc(O)cc12. The van der Waals surface area contributed by atoms with Gasteiger partial charge in [0.2, 0.25) is 0 Å². The molecule has 1 heterocycles. The number of phenols is 1. The lowest BCUT2D eigenvalue weighted by molar-refractivity contribution is 0.476. The number of hydrogen-bond acceptors (Lipinski definition) is 2. The van der Waals surface area contributed by atoms with Gasteiger partial charge in [-0.1, -0.05) is 13.8 Å². The monoisotopic (exact) mass is 192 g/mol. The van der Waals surface area contributed by atoms with Crippen molar-refractivity contribution in [3.8, 4) is 5.75 Å². The Morgan fingerprint density at radius 2 is 2.00 bits per heavy atom. The lowest BCUT2D eigenvalue weighted by Gasteiger charge is -1.96. The van der Waals surface area contributed by atoms with Crippen molar-refractivity contribution >= 4 is 16.6 Å². The number of nitrogens with one attached hydrogen (secondary N) is 2. The van der Waals surface area contributed by atoms with Gasteiger partial charge in [-0.15, -0.1) is 0 Å². The molecule has 0 saturated heterocycles. The summed E-state index contributed by atoms with van der Waals surface area (Å²) >= 11 is 0. The summed E-state index contributed by atoms with van der Waals surface area (Å²) in [5.74, 6) is 0.290. The number of aromatic nitrogens is 1. The molecule has 3 heteroatoms. The smallest absolute Gasteiger partial charge is 0.116 e. The fourth-order valence-electron chi connectivity index (χ4n) is 1.32. The maximum atomic E-state index is 9.23. The van der Waals surface area contributed by atoms with E-state index in [1.54, 1.807) is 12.1 Å². The van der Waals surface area contributed by atoms with Gasteiger partial charge in [-0.2, -0.15) is 0 Å². The molecule has 0 atom stereocenters. The molecule has 76 valence electrons. The highest BCUT2D eigenvalue weighted by Crippen LogP contribution is 2.25. The molecule has 0 aliphatic rings. The third-order valence-electron chi connectivity index (χ3n) is 1.93. The number of anilines is 1. The van der Waals surface area contributed by atoms with Crippen LogP contribution in [0.15, 0.2) is 24.4 Å². The minimum absolute atomic E-state index is 0.290. The number of hydrogen-bond donors (Lipinski definition) is 3. The van der Waals surface area contributed by atoms with Crippen molar-refractivity contribution in [2.24, 2.45) is 0 Å². The van der Waals surface area contributed by atoms with Gasteiger partial charge in [0.25, 0.3) is 0 Å². The number of phenolic OH excluding ortho intramolecular Hbond substituents is 1. The van der Waals surface area contributed by atoms with Gasteiger partial charge in [-0.3, -0.25) is 0 Å². The Bertz CT molecular complexity index is 407. The van der Waals surface area contributed by atoms with Gasteiger partial charge in [0.05, 0.1) is 5.69 Å². The van der Waals surface area contributed by atoms with Crippen molar-refractivity contribution < 1.29 is 5.11 Å². The Morgan fingerprint density at radius 1 is 1.29 bits per heavy atom. The summed E-state index contributed by atoms with van der Waals surface area (Å²) in [7, 11) is 1.85. The van der Waals surface area contributed by atoms with Crippen LogP contribution in [0.4, 0.5) is 5.69 Å². The topological polar surface area (TPSA) is 48.0 Å². The number of H-pyrrole nitrogens is 1. The van der Waals surface area contributed by atoms with E-state index in [1.807, 2.05) is 33.2 Å². The molecule has 14 heavy (non-hydrogen) atoms. The Labute approximate surface area is 83.8 Å². The summed E-state index contributed by atoms with van der Waals surface area (Å²) in [6, 6.07) is 5.25. The largest absolute Gasteiger partial charge is 0.508 e. The predicted molar refractivity (Wildman–Crippen MR) is 60.9 cm³/mol. The zero-order valence-corrected chi connectivity index (χ0v) is 8.76. The van der Waals surface area contributed by atoms with Crippen LogP contribution in [-0.4, -0.2) is 17.1 Å². The predicted octanol–water partition coefficient (Wildman–Crippen LogP) is 2.94. The van der Waals surface area contributed by atoms with E-state index in [2.05, 4.69) is 10.3 Å². The summed E-state index contributed by atoms with van der Waals surface area (Å²) in [5.41, 5.74) is 2.03. The molecule has 0 aliphatic carbocycles. The maximum absolute atomic E-state index is 9.23. The zero-order valence-electron chi connectivity index (χ0n) is 8.76. The van der Waals surface area contributed by atoms with Crippen molar-refractivity contribution in [2.75, 3.05) is 12.4 Å². The molecule has 0 saturated carbocycles. The first-order valence-electron chi connectivity index (χ1n) is 4.79. The highest BCUT2D eigenvalue weighted by Gasteiger charge is 2.01. The lowest BCUT2D eigenvalue weighted by atomic mass is 10.2. The van der Waals surface area contributed by atoms with Crippen molar-refractivity contribution in [3.63, 3.8) is 0 Å².